The molecule has 0 saturated carbocycles. The predicted octanol–water partition coefficient (Wildman–Crippen LogP) is 1.05. The largest absolute Gasteiger partial charge is 0.383 e. The third-order valence-electron chi connectivity index (χ3n) is 3.06. The third kappa shape index (κ3) is 4.15. The minimum absolute atomic E-state index is 0.232. The molecule has 19 heavy (non-hydrogen) atoms. The minimum atomic E-state index is -0.598. The van der Waals surface area contributed by atoms with Crippen LogP contribution in [0.25, 0.3) is 0 Å². The van der Waals surface area contributed by atoms with Gasteiger partial charge in [0, 0.05) is 51.0 Å². The molecule has 7 heteroatoms. The Morgan fingerprint density at radius 2 is 2.11 bits per heavy atom. The maximum Gasteiger partial charge on any atom is 0.274 e. The van der Waals surface area contributed by atoms with E-state index in [4.69, 9.17) is 0 Å². The van der Waals surface area contributed by atoms with Crippen LogP contribution in [0.1, 0.15) is 0 Å². The quantitative estimate of drug-likeness (QED) is 0.617. The Morgan fingerprint density at radius 1 is 1.37 bits per heavy atom. The number of piperazine rings is 1. The maximum atomic E-state index is 13.2. The van der Waals surface area contributed by atoms with Gasteiger partial charge in [-0.3, -0.25) is 15.0 Å². The van der Waals surface area contributed by atoms with Crippen molar-refractivity contribution >= 4 is 11.4 Å². The van der Waals surface area contributed by atoms with Gasteiger partial charge in [-0.1, -0.05) is 0 Å². The summed E-state index contributed by atoms with van der Waals surface area (Å²) in [4.78, 5) is 12.3. The van der Waals surface area contributed by atoms with Crippen LogP contribution in [0.3, 0.4) is 0 Å². The van der Waals surface area contributed by atoms with Crippen molar-refractivity contribution in [2.45, 2.75) is 0 Å². The molecule has 104 valence electrons. The Labute approximate surface area is 110 Å². The molecule has 0 amide bonds. The van der Waals surface area contributed by atoms with Gasteiger partial charge in [0.15, 0.2) is 0 Å². The van der Waals surface area contributed by atoms with Gasteiger partial charge in [0.05, 0.1) is 11.0 Å². The Kier molecular flexibility index (Phi) is 4.64. The van der Waals surface area contributed by atoms with Gasteiger partial charge in [0.1, 0.15) is 5.82 Å². The van der Waals surface area contributed by atoms with E-state index in [0.717, 1.165) is 38.8 Å². The van der Waals surface area contributed by atoms with E-state index in [1.807, 2.05) is 0 Å². The van der Waals surface area contributed by atoms with Crippen LogP contribution >= 0.6 is 0 Å². The lowest BCUT2D eigenvalue weighted by molar-refractivity contribution is -0.385. The van der Waals surface area contributed by atoms with E-state index < -0.39 is 10.7 Å². The van der Waals surface area contributed by atoms with Crippen molar-refractivity contribution < 1.29 is 9.31 Å². The van der Waals surface area contributed by atoms with Crippen molar-refractivity contribution in [2.75, 3.05) is 44.6 Å². The average molecular weight is 268 g/mol. The number of benzene rings is 1. The minimum Gasteiger partial charge on any atom is -0.383 e. The van der Waals surface area contributed by atoms with Crippen molar-refractivity contribution in [3.05, 3.63) is 34.1 Å². The van der Waals surface area contributed by atoms with Crippen molar-refractivity contribution in [3.63, 3.8) is 0 Å². The van der Waals surface area contributed by atoms with E-state index >= 15 is 0 Å². The Bertz CT molecular complexity index is 449. The maximum absolute atomic E-state index is 13.2. The van der Waals surface area contributed by atoms with Gasteiger partial charge in [0.2, 0.25) is 0 Å². The molecule has 0 spiro atoms. The van der Waals surface area contributed by atoms with E-state index in [-0.39, 0.29) is 5.69 Å². The fourth-order valence-electron chi connectivity index (χ4n) is 2.07. The number of nitrogens with zero attached hydrogens (tertiary/aromatic N) is 2. The lowest BCUT2D eigenvalue weighted by Crippen LogP contribution is -2.45. The fourth-order valence-corrected chi connectivity index (χ4v) is 2.07. The van der Waals surface area contributed by atoms with Crippen molar-refractivity contribution in [1.82, 2.24) is 10.2 Å². The molecule has 0 radical (unpaired) electrons. The second-order valence-electron chi connectivity index (χ2n) is 4.47. The molecule has 6 nitrogen and oxygen atoms in total. The summed E-state index contributed by atoms with van der Waals surface area (Å²) in [5.74, 6) is -0.598. The molecular weight excluding hydrogens is 251 g/mol. The summed E-state index contributed by atoms with van der Waals surface area (Å²) < 4.78 is 13.2. The van der Waals surface area contributed by atoms with Gasteiger partial charge >= 0.3 is 0 Å². The predicted molar refractivity (Wildman–Crippen MR) is 70.9 cm³/mol. The van der Waals surface area contributed by atoms with Crippen LogP contribution in [-0.2, 0) is 0 Å². The summed E-state index contributed by atoms with van der Waals surface area (Å²) in [6.07, 6.45) is 0. The highest BCUT2D eigenvalue weighted by atomic mass is 19.1. The first-order valence-corrected chi connectivity index (χ1v) is 6.27. The number of nitro benzene ring substituents is 1. The van der Waals surface area contributed by atoms with Gasteiger partial charge in [-0.25, -0.2) is 4.39 Å². The SMILES string of the molecule is O=[N+]([O-])c1cc(F)cc(NCCN2CCNCC2)c1. The standard InChI is InChI=1S/C12H17FN4O2/c13-10-7-11(9-12(8-10)17(18)19)15-3-6-16-4-1-14-2-5-16/h7-9,14-15H,1-6H2. The summed E-state index contributed by atoms with van der Waals surface area (Å²) in [6.45, 7) is 5.42. The fraction of sp³-hybridized carbons (Fsp3) is 0.500. The highest BCUT2D eigenvalue weighted by Crippen LogP contribution is 2.19. The van der Waals surface area contributed by atoms with E-state index in [9.17, 15) is 14.5 Å². The molecule has 1 heterocycles. The van der Waals surface area contributed by atoms with Crippen LogP contribution in [0, 0.1) is 15.9 Å². The van der Waals surface area contributed by atoms with Gasteiger partial charge in [-0.05, 0) is 6.07 Å². The van der Waals surface area contributed by atoms with Crippen LogP contribution in [-0.4, -0.2) is 49.1 Å². The lowest BCUT2D eigenvalue weighted by atomic mass is 10.2. The van der Waals surface area contributed by atoms with Crippen molar-refractivity contribution in [3.8, 4) is 0 Å². The van der Waals surface area contributed by atoms with Gasteiger partial charge < -0.3 is 10.6 Å². The summed E-state index contributed by atoms with van der Waals surface area (Å²) >= 11 is 0. The molecule has 0 unspecified atom stereocenters. The third-order valence-corrected chi connectivity index (χ3v) is 3.06. The van der Waals surface area contributed by atoms with Crippen LogP contribution < -0.4 is 10.6 Å². The number of hydrogen-bond donors (Lipinski definition) is 2. The molecule has 1 aromatic carbocycles. The molecule has 0 atom stereocenters. The molecule has 2 rings (SSSR count). The zero-order valence-electron chi connectivity index (χ0n) is 10.6. The number of non-ortho nitro benzene ring substituents is 1. The van der Waals surface area contributed by atoms with Crippen molar-refractivity contribution in [1.29, 1.82) is 0 Å². The molecule has 1 aliphatic rings. The zero-order chi connectivity index (χ0) is 13.7. The monoisotopic (exact) mass is 268 g/mol. The van der Waals surface area contributed by atoms with Crippen LogP contribution in [0.4, 0.5) is 15.8 Å². The average Bonchev–Trinajstić information content (AvgIpc) is 2.39. The number of rotatable bonds is 5. The van der Waals surface area contributed by atoms with E-state index in [1.165, 1.54) is 12.1 Å². The van der Waals surface area contributed by atoms with Crippen LogP contribution in [0.5, 0.6) is 0 Å². The summed E-state index contributed by atoms with van der Waals surface area (Å²) in [5.41, 5.74) is 0.214. The van der Waals surface area contributed by atoms with Crippen molar-refractivity contribution in [2.24, 2.45) is 0 Å². The van der Waals surface area contributed by atoms with Gasteiger partial charge in [-0.2, -0.15) is 0 Å². The van der Waals surface area contributed by atoms with Crippen LogP contribution in [0.2, 0.25) is 0 Å². The number of nitrogens with one attached hydrogen (secondary N) is 2. The Balaban J connectivity index is 1.86. The zero-order valence-corrected chi connectivity index (χ0v) is 10.6. The normalized spacial score (nSPS) is 16.3. The summed E-state index contributed by atoms with van der Waals surface area (Å²) in [5, 5.41) is 16.9. The molecular formula is C12H17FN4O2. The highest BCUT2D eigenvalue weighted by molar-refractivity contribution is 5.51. The first-order valence-electron chi connectivity index (χ1n) is 6.27. The van der Waals surface area contributed by atoms with E-state index in [0.29, 0.717) is 12.2 Å². The molecule has 1 aliphatic heterocycles. The smallest absolute Gasteiger partial charge is 0.274 e. The molecule has 0 bridgehead atoms. The Hall–Kier alpha value is -1.73. The number of nitro groups is 1. The first-order chi connectivity index (χ1) is 9.15. The second kappa shape index (κ2) is 6.44. The molecule has 1 saturated heterocycles. The number of anilines is 1. The number of hydrogen-bond acceptors (Lipinski definition) is 5. The van der Waals surface area contributed by atoms with E-state index in [2.05, 4.69) is 15.5 Å². The number of halogens is 1. The lowest BCUT2D eigenvalue weighted by Gasteiger charge is -2.27. The second-order valence-corrected chi connectivity index (χ2v) is 4.47. The van der Waals surface area contributed by atoms with Gasteiger partial charge in [-0.15, -0.1) is 0 Å². The highest BCUT2D eigenvalue weighted by Gasteiger charge is 2.11. The van der Waals surface area contributed by atoms with Gasteiger partial charge in [0.25, 0.3) is 5.69 Å². The molecule has 2 N–H and O–H groups in total. The first kappa shape index (κ1) is 13.7. The molecule has 0 aliphatic carbocycles. The molecule has 1 aromatic rings. The molecule has 1 fully saturated rings. The Morgan fingerprint density at radius 3 is 2.79 bits per heavy atom. The topological polar surface area (TPSA) is 70.4 Å². The van der Waals surface area contributed by atoms with Crippen LogP contribution in [0.15, 0.2) is 18.2 Å². The molecule has 0 aromatic heterocycles. The summed E-state index contributed by atoms with van der Waals surface area (Å²) in [7, 11) is 0. The van der Waals surface area contributed by atoms with E-state index in [1.54, 1.807) is 0 Å². The summed E-state index contributed by atoms with van der Waals surface area (Å²) in [6, 6.07) is 3.53.